The fourth-order valence-corrected chi connectivity index (χ4v) is 5.38. The summed E-state index contributed by atoms with van der Waals surface area (Å²) in [4.78, 5) is 24.6. The molecule has 2 aliphatic rings. The Balaban J connectivity index is 1.51. The first-order chi connectivity index (χ1) is 17.0. The van der Waals surface area contributed by atoms with Crippen LogP contribution in [0.25, 0.3) is 0 Å². The van der Waals surface area contributed by atoms with Crippen molar-refractivity contribution in [2.24, 2.45) is 5.92 Å². The van der Waals surface area contributed by atoms with E-state index in [1.807, 2.05) is 6.07 Å². The molecule has 0 spiro atoms. The SMILES string of the molecule is COCCN(C)C1CCC(c2ccc(N3CCC(C)CC3)c(NC(=O)c3ncc(C#N)[nH]3)c2)CC1. The maximum atomic E-state index is 13.0. The Morgan fingerprint density at radius 2 is 2.00 bits per heavy atom. The van der Waals surface area contributed by atoms with Crippen molar-refractivity contribution in [1.82, 2.24) is 14.9 Å². The van der Waals surface area contributed by atoms with Crippen molar-refractivity contribution in [2.75, 3.05) is 50.6 Å². The predicted molar refractivity (Wildman–Crippen MR) is 138 cm³/mol. The van der Waals surface area contributed by atoms with Crippen LogP contribution in [0.2, 0.25) is 0 Å². The van der Waals surface area contributed by atoms with Crippen LogP contribution in [0.3, 0.4) is 0 Å². The van der Waals surface area contributed by atoms with Gasteiger partial charge in [-0.05, 0) is 75.1 Å². The van der Waals surface area contributed by atoms with E-state index in [2.05, 4.69) is 57.3 Å². The van der Waals surface area contributed by atoms with E-state index in [0.29, 0.717) is 12.0 Å². The quantitative estimate of drug-likeness (QED) is 0.585. The number of likely N-dealkylation sites (N-methyl/N-ethyl adjacent to an activating group) is 1. The summed E-state index contributed by atoms with van der Waals surface area (Å²) in [5.74, 6) is 1.05. The number of aromatic nitrogens is 2. The predicted octanol–water partition coefficient (Wildman–Crippen LogP) is 4.37. The van der Waals surface area contributed by atoms with E-state index in [9.17, 15) is 4.79 Å². The number of hydrogen-bond donors (Lipinski definition) is 2. The van der Waals surface area contributed by atoms with Crippen LogP contribution < -0.4 is 10.2 Å². The first-order valence-electron chi connectivity index (χ1n) is 12.8. The van der Waals surface area contributed by atoms with Crippen LogP contribution in [0.4, 0.5) is 11.4 Å². The zero-order chi connectivity index (χ0) is 24.8. The number of piperidine rings is 1. The van der Waals surface area contributed by atoms with Gasteiger partial charge in [-0.2, -0.15) is 5.26 Å². The number of rotatable bonds is 8. The molecule has 2 fully saturated rings. The number of H-pyrrole nitrogens is 1. The number of anilines is 2. The first-order valence-corrected chi connectivity index (χ1v) is 12.8. The maximum absolute atomic E-state index is 13.0. The standard InChI is InChI=1S/C27H38N6O2/c1-19-10-12-33(13-11-19)25-9-6-21(20-4-7-23(8-5-20)32(2)14-15-35-3)16-24(25)31-27(34)26-29-18-22(17-28)30-26/h6,9,16,18-20,23H,4-5,7-8,10-15H2,1-3H3,(H,29,30)(H,31,34). The summed E-state index contributed by atoms with van der Waals surface area (Å²) >= 11 is 0. The number of hydrogen-bond acceptors (Lipinski definition) is 6. The highest BCUT2D eigenvalue weighted by Crippen LogP contribution is 2.38. The summed E-state index contributed by atoms with van der Waals surface area (Å²) in [6, 6.07) is 9.19. The molecule has 0 atom stereocenters. The number of aromatic amines is 1. The molecule has 0 bridgehead atoms. The fraction of sp³-hybridized carbons (Fsp3) is 0.593. The molecule has 2 heterocycles. The lowest BCUT2D eigenvalue weighted by molar-refractivity contribution is 0.101. The molecule has 1 aliphatic carbocycles. The van der Waals surface area contributed by atoms with Crippen molar-refractivity contribution in [2.45, 2.75) is 57.4 Å². The third-order valence-corrected chi connectivity index (χ3v) is 7.74. The highest BCUT2D eigenvalue weighted by atomic mass is 16.5. The van der Waals surface area contributed by atoms with Gasteiger partial charge in [-0.15, -0.1) is 0 Å². The number of benzene rings is 1. The van der Waals surface area contributed by atoms with Crippen molar-refractivity contribution in [1.29, 1.82) is 5.26 Å². The van der Waals surface area contributed by atoms with Gasteiger partial charge in [0.1, 0.15) is 11.8 Å². The minimum Gasteiger partial charge on any atom is -0.383 e. The van der Waals surface area contributed by atoms with E-state index < -0.39 is 0 Å². The molecular weight excluding hydrogens is 440 g/mol. The van der Waals surface area contributed by atoms with Gasteiger partial charge in [0, 0.05) is 32.8 Å². The van der Waals surface area contributed by atoms with Gasteiger partial charge >= 0.3 is 0 Å². The average Bonchev–Trinajstić information content (AvgIpc) is 3.38. The molecule has 2 aromatic rings. The van der Waals surface area contributed by atoms with Gasteiger partial charge in [-0.3, -0.25) is 4.79 Å². The van der Waals surface area contributed by atoms with Crippen LogP contribution in [0, 0.1) is 17.2 Å². The van der Waals surface area contributed by atoms with Crippen molar-refractivity contribution in [3.63, 3.8) is 0 Å². The number of nitrogens with one attached hydrogen (secondary N) is 2. The monoisotopic (exact) mass is 478 g/mol. The molecular formula is C27H38N6O2. The van der Waals surface area contributed by atoms with Crippen LogP contribution in [0.1, 0.15) is 73.2 Å². The van der Waals surface area contributed by atoms with Gasteiger partial charge in [-0.25, -0.2) is 4.98 Å². The molecule has 1 saturated carbocycles. The van der Waals surface area contributed by atoms with E-state index >= 15 is 0 Å². The van der Waals surface area contributed by atoms with Crippen molar-refractivity contribution < 1.29 is 9.53 Å². The Bertz CT molecular complexity index is 1030. The van der Waals surface area contributed by atoms with Crippen LogP contribution in [0.5, 0.6) is 0 Å². The van der Waals surface area contributed by atoms with Crippen molar-refractivity contribution in [3.8, 4) is 6.07 Å². The number of amides is 1. The normalized spacial score (nSPS) is 21.2. The average molecular weight is 479 g/mol. The van der Waals surface area contributed by atoms with E-state index in [-0.39, 0.29) is 17.4 Å². The second-order valence-corrected chi connectivity index (χ2v) is 10.1. The summed E-state index contributed by atoms with van der Waals surface area (Å²) in [5, 5.41) is 12.2. The third kappa shape index (κ3) is 6.22. The van der Waals surface area contributed by atoms with Gasteiger partial charge in [0.15, 0.2) is 5.82 Å². The van der Waals surface area contributed by atoms with Crippen molar-refractivity contribution in [3.05, 3.63) is 41.5 Å². The molecule has 8 nitrogen and oxygen atoms in total. The second-order valence-electron chi connectivity index (χ2n) is 10.1. The highest BCUT2D eigenvalue weighted by Gasteiger charge is 2.27. The topological polar surface area (TPSA) is 97.3 Å². The Kier molecular flexibility index (Phi) is 8.42. The molecule has 1 aliphatic heterocycles. The zero-order valence-corrected chi connectivity index (χ0v) is 21.2. The Morgan fingerprint density at radius 1 is 1.26 bits per heavy atom. The molecule has 188 valence electrons. The molecule has 2 N–H and O–H groups in total. The maximum Gasteiger partial charge on any atom is 0.291 e. The molecule has 8 heteroatoms. The fourth-order valence-electron chi connectivity index (χ4n) is 5.38. The first kappa shape index (κ1) is 25.2. The van der Waals surface area contributed by atoms with Gasteiger partial charge in [0.2, 0.25) is 0 Å². The molecule has 0 radical (unpaired) electrons. The summed E-state index contributed by atoms with van der Waals surface area (Å²) in [7, 11) is 3.95. The summed E-state index contributed by atoms with van der Waals surface area (Å²) < 4.78 is 5.24. The summed E-state index contributed by atoms with van der Waals surface area (Å²) in [6.07, 6.45) is 8.31. The van der Waals surface area contributed by atoms with E-state index in [4.69, 9.17) is 10.00 Å². The van der Waals surface area contributed by atoms with Gasteiger partial charge in [0.25, 0.3) is 5.91 Å². The minimum absolute atomic E-state index is 0.157. The Morgan fingerprint density at radius 3 is 2.66 bits per heavy atom. The second kappa shape index (κ2) is 11.7. The molecule has 4 rings (SSSR count). The number of methoxy groups -OCH3 is 1. The van der Waals surface area contributed by atoms with E-state index in [0.717, 1.165) is 69.2 Å². The molecule has 35 heavy (non-hydrogen) atoms. The van der Waals surface area contributed by atoms with Crippen LogP contribution in [0.15, 0.2) is 24.4 Å². The lowest BCUT2D eigenvalue weighted by Gasteiger charge is -2.36. The summed E-state index contributed by atoms with van der Waals surface area (Å²) in [5.41, 5.74) is 3.45. The highest BCUT2D eigenvalue weighted by molar-refractivity contribution is 6.03. The molecule has 1 aromatic heterocycles. The minimum atomic E-state index is -0.321. The lowest BCUT2D eigenvalue weighted by atomic mass is 9.81. The van der Waals surface area contributed by atoms with Crippen molar-refractivity contribution >= 4 is 17.3 Å². The number of carbonyl (C=O) groups is 1. The largest absolute Gasteiger partial charge is 0.383 e. The number of imidazole rings is 1. The van der Waals surface area contributed by atoms with Gasteiger partial charge < -0.3 is 24.8 Å². The summed E-state index contributed by atoms with van der Waals surface area (Å²) in [6.45, 7) is 6.01. The van der Waals surface area contributed by atoms with E-state index in [1.165, 1.54) is 24.6 Å². The third-order valence-electron chi connectivity index (χ3n) is 7.74. The molecule has 1 saturated heterocycles. The van der Waals surface area contributed by atoms with Crippen LogP contribution in [-0.4, -0.2) is 67.2 Å². The molecule has 1 aromatic carbocycles. The Labute approximate surface area is 208 Å². The number of nitrogens with zero attached hydrogens (tertiary/aromatic N) is 4. The van der Waals surface area contributed by atoms with Crippen LogP contribution in [-0.2, 0) is 4.74 Å². The van der Waals surface area contributed by atoms with Gasteiger partial charge in [-0.1, -0.05) is 13.0 Å². The lowest BCUT2D eigenvalue weighted by Crippen LogP contribution is -2.36. The van der Waals surface area contributed by atoms with Crippen LogP contribution >= 0.6 is 0 Å². The number of nitriles is 1. The number of carbonyl (C=O) groups excluding carboxylic acids is 1. The molecule has 1 amide bonds. The number of ether oxygens (including phenoxy) is 1. The van der Waals surface area contributed by atoms with Gasteiger partial charge in [0.05, 0.1) is 24.2 Å². The smallest absolute Gasteiger partial charge is 0.291 e. The van der Waals surface area contributed by atoms with E-state index in [1.54, 1.807) is 7.11 Å². The Hall–Kier alpha value is -2.89. The zero-order valence-electron chi connectivity index (χ0n) is 21.2. The molecule has 0 unspecified atom stereocenters.